The molecule has 36 heavy (non-hydrogen) atoms. The Bertz CT molecular complexity index is 1130. The van der Waals surface area contributed by atoms with E-state index in [1.54, 1.807) is 0 Å². The van der Waals surface area contributed by atoms with Crippen LogP contribution in [-0.2, 0) is 43.0 Å². The van der Waals surface area contributed by atoms with E-state index in [0.29, 0.717) is 29.1 Å². The predicted octanol–water partition coefficient (Wildman–Crippen LogP) is 6.26. The topological polar surface area (TPSA) is 79.5 Å². The van der Waals surface area contributed by atoms with Gasteiger partial charge in [0.1, 0.15) is 11.1 Å². The van der Waals surface area contributed by atoms with Gasteiger partial charge in [-0.15, -0.1) is 22.7 Å². The van der Waals surface area contributed by atoms with Gasteiger partial charge in [-0.3, -0.25) is 5.32 Å². The Balaban J connectivity index is 1.32. The summed E-state index contributed by atoms with van der Waals surface area (Å²) in [5.41, 5.74) is 2.91. The van der Waals surface area contributed by atoms with E-state index in [0.717, 1.165) is 97.1 Å². The van der Waals surface area contributed by atoms with Crippen molar-refractivity contribution in [2.24, 2.45) is 0 Å². The smallest absolute Gasteiger partial charge is 0.341 e. The van der Waals surface area contributed by atoms with Gasteiger partial charge in [0, 0.05) is 29.8 Å². The highest BCUT2D eigenvalue weighted by molar-refractivity contribution is 7.17. The van der Waals surface area contributed by atoms with E-state index in [2.05, 4.69) is 16.0 Å². The fraction of sp³-hybridized carbons (Fsp3) is 0.615. The molecule has 1 aliphatic heterocycles. The SMILES string of the molecule is CC(F)(F)c1sc2c(c1CNC(=O)Nc1sc3c(c1C(=O)OC1CCCCC1)CCCC3)CCNC2. The number of amides is 2. The van der Waals surface area contributed by atoms with E-state index in [-0.39, 0.29) is 23.5 Å². The Kier molecular flexibility index (Phi) is 7.65. The Morgan fingerprint density at radius 2 is 1.81 bits per heavy atom. The molecule has 0 atom stereocenters. The molecular weight excluding hydrogens is 504 g/mol. The van der Waals surface area contributed by atoms with Gasteiger partial charge in [0.05, 0.1) is 10.4 Å². The van der Waals surface area contributed by atoms with Crippen molar-refractivity contribution < 1.29 is 23.1 Å². The van der Waals surface area contributed by atoms with Gasteiger partial charge in [-0.25, -0.2) is 18.4 Å². The molecule has 196 valence electrons. The van der Waals surface area contributed by atoms with Gasteiger partial charge in [-0.2, -0.15) is 0 Å². The summed E-state index contributed by atoms with van der Waals surface area (Å²) in [6.45, 7) is 2.22. The summed E-state index contributed by atoms with van der Waals surface area (Å²) in [6.07, 6.45) is 9.40. The highest BCUT2D eigenvalue weighted by Crippen LogP contribution is 2.41. The molecule has 0 aromatic carbocycles. The van der Waals surface area contributed by atoms with Crippen LogP contribution in [0.1, 0.15) is 93.5 Å². The molecule has 2 amide bonds. The van der Waals surface area contributed by atoms with Crippen LogP contribution in [0.3, 0.4) is 0 Å². The van der Waals surface area contributed by atoms with Crippen LogP contribution >= 0.6 is 22.7 Å². The van der Waals surface area contributed by atoms with Gasteiger partial charge in [-0.05, 0) is 81.0 Å². The molecule has 0 spiro atoms. The second kappa shape index (κ2) is 10.8. The highest BCUT2D eigenvalue weighted by Gasteiger charge is 2.34. The third-order valence-electron chi connectivity index (χ3n) is 7.29. The minimum Gasteiger partial charge on any atom is -0.459 e. The molecule has 0 saturated heterocycles. The maximum atomic E-state index is 14.3. The van der Waals surface area contributed by atoms with Crippen LogP contribution in [0.15, 0.2) is 0 Å². The quantitative estimate of drug-likeness (QED) is 0.380. The number of hydrogen-bond donors (Lipinski definition) is 3. The van der Waals surface area contributed by atoms with E-state index in [1.807, 2.05) is 0 Å². The van der Waals surface area contributed by atoms with Gasteiger partial charge < -0.3 is 15.4 Å². The van der Waals surface area contributed by atoms with Gasteiger partial charge in [0.2, 0.25) is 0 Å². The molecule has 10 heteroatoms. The highest BCUT2D eigenvalue weighted by atomic mass is 32.1. The minimum absolute atomic E-state index is 0.0137. The molecule has 3 heterocycles. The third-order valence-corrected chi connectivity index (χ3v) is 9.94. The molecule has 0 unspecified atom stereocenters. The Morgan fingerprint density at radius 3 is 2.58 bits per heavy atom. The normalized spacial score (nSPS) is 18.3. The van der Waals surface area contributed by atoms with Crippen LogP contribution in [0.5, 0.6) is 0 Å². The number of carbonyl (C=O) groups excluding carboxylic acids is 2. The summed E-state index contributed by atoms with van der Waals surface area (Å²) in [7, 11) is 0. The summed E-state index contributed by atoms with van der Waals surface area (Å²) in [6, 6.07) is -0.500. The lowest BCUT2D eigenvalue weighted by atomic mass is 9.95. The number of rotatable bonds is 6. The number of anilines is 1. The maximum Gasteiger partial charge on any atom is 0.341 e. The van der Waals surface area contributed by atoms with Crippen LogP contribution in [0, 0.1) is 0 Å². The van der Waals surface area contributed by atoms with Crippen molar-refractivity contribution in [3.63, 3.8) is 0 Å². The standard InChI is InChI=1S/C26H33F2N3O3S2/c1-26(27,28)22-18(16-11-12-29-14-20(16)35-22)13-30-25(33)31-23-21(17-9-5-6-10-19(17)36-23)24(32)34-15-7-3-2-4-8-15/h15,29H,2-14H2,1H3,(H2,30,31,33). The predicted molar refractivity (Wildman–Crippen MR) is 138 cm³/mol. The number of thiophene rings is 2. The van der Waals surface area contributed by atoms with Crippen LogP contribution in [0.25, 0.3) is 0 Å². The number of halogens is 2. The lowest BCUT2D eigenvalue weighted by molar-refractivity contribution is 0.0199. The van der Waals surface area contributed by atoms with Crippen molar-refractivity contribution in [3.05, 3.63) is 36.9 Å². The molecule has 0 bridgehead atoms. The van der Waals surface area contributed by atoms with Crippen molar-refractivity contribution in [2.45, 2.75) is 96.2 Å². The molecule has 2 aliphatic carbocycles. The molecule has 3 aliphatic rings. The number of hydrogen-bond acceptors (Lipinski definition) is 6. The first kappa shape index (κ1) is 25.6. The Hall–Kier alpha value is -2.04. The van der Waals surface area contributed by atoms with Crippen molar-refractivity contribution >= 4 is 39.7 Å². The number of aryl methyl sites for hydroxylation is 1. The average Bonchev–Trinajstić information content (AvgIpc) is 3.41. The molecule has 2 aromatic rings. The number of esters is 1. The van der Waals surface area contributed by atoms with Crippen molar-refractivity contribution in [1.82, 2.24) is 10.6 Å². The van der Waals surface area contributed by atoms with Crippen molar-refractivity contribution in [2.75, 3.05) is 11.9 Å². The zero-order valence-electron chi connectivity index (χ0n) is 20.6. The largest absolute Gasteiger partial charge is 0.459 e. The van der Waals surface area contributed by atoms with Crippen LogP contribution in [0.4, 0.5) is 18.6 Å². The van der Waals surface area contributed by atoms with E-state index < -0.39 is 12.0 Å². The first-order chi connectivity index (χ1) is 17.3. The summed E-state index contributed by atoms with van der Waals surface area (Å²) >= 11 is 2.56. The first-order valence-corrected chi connectivity index (χ1v) is 14.6. The fourth-order valence-corrected chi connectivity index (χ4v) is 8.06. The number of carbonyl (C=O) groups is 2. The van der Waals surface area contributed by atoms with Crippen LogP contribution < -0.4 is 16.0 Å². The summed E-state index contributed by atoms with van der Waals surface area (Å²) in [5, 5.41) is 9.36. The van der Waals surface area contributed by atoms with Crippen molar-refractivity contribution in [3.8, 4) is 0 Å². The second-order valence-corrected chi connectivity index (χ2v) is 12.2. The molecule has 1 fully saturated rings. The lowest BCUT2D eigenvalue weighted by Crippen LogP contribution is -2.30. The van der Waals surface area contributed by atoms with Crippen LogP contribution in [-0.4, -0.2) is 24.6 Å². The van der Waals surface area contributed by atoms with Crippen LogP contribution in [0.2, 0.25) is 0 Å². The molecule has 0 radical (unpaired) electrons. The van der Waals surface area contributed by atoms with E-state index in [9.17, 15) is 18.4 Å². The third kappa shape index (κ3) is 5.45. The van der Waals surface area contributed by atoms with Gasteiger partial charge >= 0.3 is 12.0 Å². The molecule has 1 saturated carbocycles. The second-order valence-electron chi connectivity index (χ2n) is 10.0. The summed E-state index contributed by atoms with van der Waals surface area (Å²) in [4.78, 5) is 28.2. The lowest BCUT2D eigenvalue weighted by Gasteiger charge is -2.22. The summed E-state index contributed by atoms with van der Waals surface area (Å²) < 4.78 is 34.6. The number of nitrogens with one attached hydrogen (secondary N) is 3. The average molecular weight is 538 g/mol. The fourth-order valence-electron chi connectivity index (χ4n) is 5.52. The molecule has 2 aromatic heterocycles. The van der Waals surface area contributed by atoms with E-state index >= 15 is 0 Å². The van der Waals surface area contributed by atoms with E-state index in [4.69, 9.17) is 4.74 Å². The number of urea groups is 1. The molecule has 6 nitrogen and oxygen atoms in total. The molecule has 5 rings (SSSR count). The van der Waals surface area contributed by atoms with E-state index in [1.165, 1.54) is 17.8 Å². The van der Waals surface area contributed by atoms with Crippen molar-refractivity contribution in [1.29, 1.82) is 0 Å². The zero-order chi connectivity index (χ0) is 25.3. The van der Waals surface area contributed by atoms with Gasteiger partial charge in [-0.1, -0.05) is 6.42 Å². The van der Waals surface area contributed by atoms with Gasteiger partial charge in [0.25, 0.3) is 5.92 Å². The zero-order valence-corrected chi connectivity index (χ0v) is 22.2. The molecular formula is C26H33F2N3O3S2. The minimum atomic E-state index is -2.97. The monoisotopic (exact) mass is 537 g/mol. The first-order valence-electron chi connectivity index (χ1n) is 12.9. The Morgan fingerprint density at radius 1 is 1.03 bits per heavy atom. The Labute approximate surface area is 218 Å². The number of ether oxygens (including phenoxy) is 1. The summed E-state index contributed by atoms with van der Waals surface area (Å²) in [5.74, 6) is -3.33. The maximum absolute atomic E-state index is 14.3. The number of fused-ring (bicyclic) bond motifs is 2. The number of alkyl halides is 2. The van der Waals surface area contributed by atoms with Gasteiger partial charge in [0.15, 0.2) is 0 Å². The molecule has 3 N–H and O–H groups in total.